The second-order valence-electron chi connectivity index (χ2n) is 5.04. The second-order valence-corrected chi connectivity index (χ2v) is 5.48. The average molecular weight is 304 g/mol. The maximum absolute atomic E-state index is 12.4. The van der Waals surface area contributed by atoms with Gasteiger partial charge in [0.15, 0.2) is 6.29 Å². The third kappa shape index (κ3) is 2.47. The van der Waals surface area contributed by atoms with Crippen molar-refractivity contribution >= 4 is 17.9 Å². The van der Waals surface area contributed by atoms with Crippen LogP contribution < -0.4 is 10.3 Å². The Kier molecular flexibility index (Phi) is 3.55. The Morgan fingerprint density at radius 2 is 2.05 bits per heavy atom. The number of benzene rings is 1. The number of rotatable bonds is 4. The molecule has 0 amide bonds. The minimum Gasteiger partial charge on any atom is -0.496 e. The predicted molar refractivity (Wildman–Crippen MR) is 81.4 cm³/mol. The van der Waals surface area contributed by atoms with E-state index in [2.05, 4.69) is 0 Å². The lowest BCUT2D eigenvalue weighted by atomic mass is 10.1. The van der Waals surface area contributed by atoms with Gasteiger partial charge in [-0.2, -0.15) is 0 Å². The first-order chi connectivity index (χ1) is 10.2. The molecular weight excluding hydrogens is 290 g/mol. The Morgan fingerprint density at radius 1 is 1.29 bits per heavy atom. The highest BCUT2D eigenvalue weighted by Gasteiger charge is 2.28. The van der Waals surface area contributed by atoms with E-state index in [4.69, 9.17) is 16.3 Å². The molecule has 0 unspecified atom stereocenters. The first-order valence-corrected chi connectivity index (χ1v) is 7.08. The molecule has 0 bridgehead atoms. The van der Waals surface area contributed by atoms with E-state index < -0.39 is 0 Å². The molecule has 0 N–H and O–H groups in total. The van der Waals surface area contributed by atoms with E-state index in [1.54, 1.807) is 42.0 Å². The Labute approximate surface area is 126 Å². The molecule has 3 rings (SSSR count). The molecule has 1 heterocycles. The Bertz CT molecular complexity index is 763. The largest absolute Gasteiger partial charge is 0.496 e. The number of ether oxygens (including phenoxy) is 1. The summed E-state index contributed by atoms with van der Waals surface area (Å²) in [5, 5.41) is 0.569. The summed E-state index contributed by atoms with van der Waals surface area (Å²) in [5.41, 5.74) is 1.40. The van der Waals surface area contributed by atoms with Gasteiger partial charge in [0.1, 0.15) is 5.75 Å². The van der Waals surface area contributed by atoms with E-state index in [0.717, 1.165) is 24.1 Å². The summed E-state index contributed by atoms with van der Waals surface area (Å²) in [7, 11) is 1.58. The van der Waals surface area contributed by atoms with Crippen LogP contribution in [0, 0.1) is 0 Å². The van der Waals surface area contributed by atoms with E-state index in [1.807, 2.05) is 0 Å². The predicted octanol–water partition coefficient (Wildman–Crippen LogP) is 3.32. The van der Waals surface area contributed by atoms with Crippen LogP contribution in [0.5, 0.6) is 5.75 Å². The number of aldehydes is 1. The van der Waals surface area contributed by atoms with Gasteiger partial charge in [-0.25, -0.2) is 0 Å². The summed E-state index contributed by atoms with van der Waals surface area (Å²) < 4.78 is 7.04. The van der Waals surface area contributed by atoms with Crippen LogP contribution in [-0.4, -0.2) is 18.0 Å². The third-order valence-corrected chi connectivity index (χ3v) is 3.86. The first-order valence-electron chi connectivity index (χ1n) is 6.70. The lowest BCUT2D eigenvalue weighted by Gasteiger charge is -2.15. The van der Waals surface area contributed by atoms with E-state index in [9.17, 15) is 9.59 Å². The zero-order valence-corrected chi connectivity index (χ0v) is 12.3. The van der Waals surface area contributed by atoms with Gasteiger partial charge in [-0.05, 0) is 43.2 Å². The van der Waals surface area contributed by atoms with Crippen molar-refractivity contribution in [1.82, 2.24) is 4.57 Å². The van der Waals surface area contributed by atoms with Crippen LogP contribution in [0.15, 0.2) is 35.1 Å². The summed E-state index contributed by atoms with van der Waals surface area (Å²) in [6, 6.07) is 8.75. The van der Waals surface area contributed by atoms with Crippen molar-refractivity contribution in [3.05, 3.63) is 51.3 Å². The van der Waals surface area contributed by atoms with Gasteiger partial charge in [0, 0.05) is 16.6 Å². The normalized spacial score (nSPS) is 14.0. The summed E-state index contributed by atoms with van der Waals surface area (Å²) in [6.45, 7) is 0. The minimum absolute atomic E-state index is 0.149. The molecule has 1 aliphatic carbocycles. The summed E-state index contributed by atoms with van der Waals surface area (Å²) in [4.78, 5) is 23.4. The van der Waals surface area contributed by atoms with Gasteiger partial charge in [-0.3, -0.25) is 9.59 Å². The highest BCUT2D eigenvalue weighted by Crippen LogP contribution is 2.39. The monoisotopic (exact) mass is 303 g/mol. The lowest BCUT2D eigenvalue weighted by Crippen LogP contribution is -2.24. The summed E-state index contributed by atoms with van der Waals surface area (Å²) in [6.07, 6.45) is 2.48. The summed E-state index contributed by atoms with van der Waals surface area (Å²) >= 11 is 6.07. The Balaban J connectivity index is 2.28. The fourth-order valence-electron chi connectivity index (χ4n) is 2.45. The van der Waals surface area contributed by atoms with E-state index in [-0.39, 0.29) is 17.2 Å². The van der Waals surface area contributed by atoms with Crippen molar-refractivity contribution in [1.29, 1.82) is 0 Å². The van der Waals surface area contributed by atoms with E-state index >= 15 is 0 Å². The molecule has 0 radical (unpaired) electrons. The molecule has 4 nitrogen and oxygen atoms in total. The third-order valence-electron chi connectivity index (χ3n) is 3.62. The summed E-state index contributed by atoms with van der Waals surface area (Å²) in [5.74, 6) is 0.645. The minimum atomic E-state index is -0.257. The van der Waals surface area contributed by atoms with Gasteiger partial charge in [0.25, 0.3) is 5.56 Å². The number of hydrogen-bond acceptors (Lipinski definition) is 3. The van der Waals surface area contributed by atoms with Crippen molar-refractivity contribution in [2.24, 2.45) is 0 Å². The Hall–Kier alpha value is -2.07. The lowest BCUT2D eigenvalue weighted by molar-refractivity contribution is 0.112. The van der Waals surface area contributed by atoms with Crippen molar-refractivity contribution in [2.45, 2.75) is 18.9 Å². The number of hydrogen-bond donors (Lipinski definition) is 0. The molecule has 1 aliphatic rings. The number of carbonyl (C=O) groups is 1. The SMILES string of the molecule is COc1ccc(Cl)cc1-c1ccc(C=O)c(=O)n1C1CC1. The molecule has 0 atom stereocenters. The molecule has 0 aliphatic heterocycles. The standard InChI is InChI=1S/C16H14ClNO3/c1-21-15-7-3-11(17)8-13(15)14-6-2-10(9-19)16(20)18(14)12-4-5-12/h2-3,6-9,12H,4-5H2,1H3. The molecule has 1 fully saturated rings. The molecule has 21 heavy (non-hydrogen) atoms. The van der Waals surface area contributed by atoms with Crippen LogP contribution >= 0.6 is 11.6 Å². The highest BCUT2D eigenvalue weighted by atomic mass is 35.5. The average Bonchev–Trinajstić information content (AvgIpc) is 3.31. The van der Waals surface area contributed by atoms with E-state index in [0.29, 0.717) is 17.1 Å². The molecular formula is C16H14ClNO3. The van der Waals surface area contributed by atoms with Crippen LogP contribution in [0.25, 0.3) is 11.3 Å². The quantitative estimate of drug-likeness (QED) is 0.814. The van der Waals surface area contributed by atoms with Crippen LogP contribution in [0.1, 0.15) is 29.2 Å². The molecule has 2 aromatic rings. The fraction of sp³-hybridized carbons (Fsp3) is 0.250. The number of methoxy groups -OCH3 is 1. The number of aromatic nitrogens is 1. The molecule has 1 aromatic carbocycles. The van der Waals surface area contributed by atoms with Crippen LogP contribution in [0.2, 0.25) is 5.02 Å². The van der Waals surface area contributed by atoms with Crippen molar-refractivity contribution in [3.8, 4) is 17.0 Å². The second kappa shape index (κ2) is 5.37. The van der Waals surface area contributed by atoms with Gasteiger partial charge in [0.05, 0.1) is 18.4 Å². The van der Waals surface area contributed by atoms with Crippen molar-refractivity contribution < 1.29 is 9.53 Å². The van der Waals surface area contributed by atoms with Gasteiger partial charge < -0.3 is 9.30 Å². The number of pyridine rings is 1. The van der Waals surface area contributed by atoms with E-state index in [1.165, 1.54) is 0 Å². The van der Waals surface area contributed by atoms with Crippen molar-refractivity contribution in [3.63, 3.8) is 0 Å². The van der Waals surface area contributed by atoms with Crippen molar-refractivity contribution in [2.75, 3.05) is 7.11 Å². The number of carbonyl (C=O) groups excluding carboxylic acids is 1. The molecule has 108 valence electrons. The number of nitrogens with zero attached hydrogens (tertiary/aromatic N) is 1. The Morgan fingerprint density at radius 3 is 2.67 bits per heavy atom. The van der Waals surface area contributed by atoms with Gasteiger partial charge in [-0.15, -0.1) is 0 Å². The molecule has 0 saturated heterocycles. The van der Waals surface area contributed by atoms with Gasteiger partial charge >= 0.3 is 0 Å². The molecule has 1 aromatic heterocycles. The van der Waals surface area contributed by atoms with Crippen LogP contribution in [0.4, 0.5) is 0 Å². The first kappa shape index (κ1) is 13.9. The topological polar surface area (TPSA) is 48.3 Å². The highest BCUT2D eigenvalue weighted by molar-refractivity contribution is 6.31. The van der Waals surface area contributed by atoms with Gasteiger partial charge in [0.2, 0.25) is 0 Å². The van der Waals surface area contributed by atoms with Crippen LogP contribution in [0.3, 0.4) is 0 Å². The molecule has 5 heteroatoms. The van der Waals surface area contributed by atoms with Gasteiger partial charge in [-0.1, -0.05) is 11.6 Å². The molecule has 1 saturated carbocycles. The maximum Gasteiger partial charge on any atom is 0.261 e. The smallest absolute Gasteiger partial charge is 0.261 e. The molecule has 0 spiro atoms. The maximum atomic E-state index is 12.4. The fourth-order valence-corrected chi connectivity index (χ4v) is 2.63. The zero-order valence-electron chi connectivity index (χ0n) is 11.5. The number of halogens is 1. The van der Waals surface area contributed by atoms with Crippen LogP contribution in [-0.2, 0) is 0 Å². The zero-order chi connectivity index (χ0) is 15.0.